The van der Waals surface area contributed by atoms with Crippen LogP contribution in [0, 0.1) is 0 Å². The summed E-state index contributed by atoms with van der Waals surface area (Å²) in [5.41, 5.74) is 1.08. The number of aromatic nitrogens is 1. The topological polar surface area (TPSA) is 59.1 Å². The lowest BCUT2D eigenvalue weighted by Gasteiger charge is -2.10. The normalized spacial score (nSPS) is 23.4. The van der Waals surface area contributed by atoms with E-state index in [0.717, 1.165) is 18.4 Å². The van der Waals surface area contributed by atoms with Gasteiger partial charge in [0, 0.05) is 25.5 Å². The van der Waals surface area contributed by atoms with E-state index < -0.39 is 9.84 Å². The first-order valence-corrected chi connectivity index (χ1v) is 7.21. The van der Waals surface area contributed by atoms with Crippen LogP contribution in [0.15, 0.2) is 24.5 Å². The molecule has 1 aliphatic rings. The molecule has 4 nitrogen and oxygen atoms in total. The maximum atomic E-state index is 11.6. The van der Waals surface area contributed by atoms with Crippen molar-refractivity contribution in [2.24, 2.45) is 0 Å². The fraction of sp³-hybridized carbons (Fsp3) is 0.545. The molecule has 1 saturated heterocycles. The first kappa shape index (κ1) is 11.5. The predicted octanol–water partition coefficient (Wildman–Crippen LogP) is 0.748. The van der Waals surface area contributed by atoms with Crippen molar-refractivity contribution in [2.75, 3.05) is 12.3 Å². The number of nitrogens with zero attached hydrogens (tertiary/aromatic N) is 1. The number of sulfone groups is 1. The largest absolute Gasteiger partial charge is 0.311 e. The molecule has 16 heavy (non-hydrogen) atoms. The minimum Gasteiger partial charge on any atom is -0.311 e. The number of hydrogen-bond donors (Lipinski definition) is 1. The molecule has 0 aliphatic carbocycles. The van der Waals surface area contributed by atoms with Crippen LogP contribution in [0.25, 0.3) is 0 Å². The Labute approximate surface area is 96.0 Å². The predicted molar refractivity (Wildman–Crippen MR) is 62.8 cm³/mol. The molecule has 0 saturated carbocycles. The van der Waals surface area contributed by atoms with E-state index >= 15 is 0 Å². The van der Waals surface area contributed by atoms with E-state index in [1.54, 1.807) is 12.4 Å². The van der Waals surface area contributed by atoms with Crippen molar-refractivity contribution in [3.63, 3.8) is 0 Å². The Morgan fingerprint density at radius 1 is 1.50 bits per heavy atom. The summed E-state index contributed by atoms with van der Waals surface area (Å²) >= 11 is 0. The molecule has 1 aliphatic heterocycles. The molecule has 88 valence electrons. The number of nitrogens with one attached hydrogen (secondary N) is 1. The standard InChI is InChI=1S/C11H16N2O2S/c14-16(15)6-2-4-11(16)9-13-8-10-3-1-5-12-7-10/h1,3,5,7,11,13H,2,4,6,8-9H2. The summed E-state index contributed by atoms with van der Waals surface area (Å²) in [6.07, 6.45) is 5.12. The zero-order valence-corrected chi connectivity index (χ0v) is 9.91. The van der Waals surface area contributed by atoms with Gasteiger partial charge < -0.3 is 5.32 Å². The molecule has 1 aromatic heterocycles. The summed E-state index contributed by atoms with van der Waals surface area (Å²) in [4.78, 5) is 4.01. The van der Waals surface area contributed by atoms with Crippen LogP contribution in [0.5, 0.6) is 0 Å². The highest BCUT2D eigenvalue weighted by atomic mass is 32.2. The highest BCUT2D eigenvalue weighted by Crippen LogP contribution is 2.19. The second-order valence-corrected chi connectivity index (χ2v) is 6.52. The molecule has 2 heterocycles. The molecular formula is C11H16N2O2S. The average Bonchev–Trinajstić information content (AvgIpc) is 2.60. The molecule has 0 bridgehead atoms. The molecule has 0 aromatic carbocycles. The molecule has 1 atom stereocenters. The van der Waals surface area contributed by atoms with Gasteiger partial charge in [0.25, 0.3) is 0 Å². The summed E-state index contributed by atoms with van der Waals surface area (Å²) in [6, 6.07) is 3.85. The van der Waals surface area contributed by atoms with Gasteiger partial charge in [-0.3, -0.25) is 4.98 Å². The lowest BCUT2D eigenvalue weighted by atomic mass is 10.2. The fourth-order valence-corrected chi connectivity index (χ4v) is 3.77. The molecule has 1 aromatic rings. The van der Waals surface area contributed by atoms with E-state index in [0.29, 0.717) is 18.8 Å². The number of hydrogen-bond acceptors (Lipinski definition) is 4. The zero-order chi connectivity index (χ0) is 11.4. The van der Waals surface area contributed by atoms with Gasteiger partial charge in [0.1, 0.15) is 0 Å². The minimum absolute atomic E-state index is 0.191. The van der Waals surface area contributed by atoms with E-state index in [4.69, 9.17) is 0 Å². The van der Waals surface area contributed by atoms with Crippen LogP contribution >= 0.6 is 0 Å². The van der Waals surface area contributed by atoms with Gasteiger partial charge >= 0.3 is 0 Å². The van der Waals surface area contributed by atoms with Crippen molar-refractivity contribution in [3.05, 3.63) is 30.1 Å². The van der Waals surface area contributed by atoms with Gasteiger partial charge in [-0.05, 0) is 24.5 Å². The van der Waals surface area contributed by atoms with Gasteiger partial charge in [0.05, 0.1) is 11.0 Å². The Morgan fingerprint density at radius 3 is 3.00 bits per heavy atom. The third-order valence-corrected chi connectivity index (χ3v) is 5.16. The second-order valence-electron chi connectivity index (χ2n) is 4.12. The van der Waals surface area contributed by atoms with Gasteiger partial charge in [0.15, 0.2) is 9.84 Å². The Hall–Kier alpha value is -0.940. The van der Waals surface area contributed by atoms with Crippen LogP contribution in [-0.4, -0.2) is 30.9 Å². The van der Waals surface area contributed by atoms with E-state index in [9.17, 15) is 8.42 Å². The Bertz CT molecular complexity index is 431. The van der Waals surface area contributed by atoms with Gasteiger partial charge in [-0.2, -0.15) is 0 Å². The Kier molecular flexibility index (Phi) is 3.56. The van der Waals surface area contributed by atoms with Gasteiger partial charge in [-0.15, -0.1) is 0 Å². The van der Waals surface area contributed by atoms with Crippen LogP contribution in [0.4, 0.5) is 0 Å². The van der Waals surface area contributed by atoms with Crippen molar-refractivity contribution in [3.8, 4) is 0 Å². The lowest BCUT2D eigenvalue weighted by molar-refractivity contribution is 0.574. The molecule has 1 N–H and O–H groups in total. The molecule has 0 radical (unpaired) electrons. The van der Waals surface area contributed by atoms with Crippen molar-refractivity contribution in [2.45, 2.75) is 24.6 Å². The molecule has 5 heteroatoms. The van der Waals surface area contributed by atoms with Crippen molar-refractivity contribution in [1.29, 1.82) is 0 Å². The molecule has 1 unspecified atom stereocenters. The van der Waals surface area contributed by atoms with Crippen molar-refractivity contribution >= 4 is 9.84 Å². The van der Waals surface area contributed by atoms with Gasteiger partial charge in [-0.25, -0.2) is 8.42 Å². The monoisotopic (exact) mass is 240 g/mol. The molecule has 0 spiro atoms. The molecule has 1 fully saturated rings. The Balaban J connectivity index is 1.81. The molecular weight excluding hydrogens is 224 g/mol. The highest BCUT2D eigenvalue weighted by Gasteiger charge is 2.30. The van der Waals surface area contributed by atoms with Crippen LogP contribution in [-0.2, 0) is 16.4 Å². The van der Waals surface area contributed by atoms with Crippen LogP contribution in [0.3, 0.4) is 0 Å². The van der Waals surface area contributed by atoms with Gasteiger partial charge in [-0.1, -0.05) is 6.07 Å². The summed E-state index contributed by atoms with van der Waals surface area (Å²) in [5, 5.41) is 2.99. The third kappa shape index (κ3) is 2.80. The number of pyridine rings is 1. The van der Waals surface area contributed by atoms with E-state index in [2.05, 4.69) is 10.3 Å². The Morgan fingerprint density at radius 2 is 2.38 bits per heavy atom. The van der Waals surface area contributed by atoms with Crippen LogP contribution < -0.4 is 5.32 Å². The number of rotatable bonds is 4. The summed E-state index contributed by atoms with van der Waals surface area (Å²) < 4.78 is 23.1. The fourth-order valence-electron chi connectivity index (χ4n) is 1.97. The van der Waals surface area contributed by atoms with Crippen molar-refractivity contribution < 1.29 is 8.42 Å². The first-order chi connectivity index (χ1) is 7.68. The van der Waals surface area contributed by atoms with E-state index in [1.807, 2.05) is 12.1 Å². The van der Waals surface area contributed by atoms with Crippen LogP contribution in [0.2, 0.25) is 0 Å². The maximum Gasteiger partial charge on any atom is 0.154 e. The second kappa shape index (κ2) is 4.93. The SMILES string of the molecule is O=S1(=O)CCCC1CNCc1cccnc1. The molecule has 0 amide bonds. The third-order valence-electron chi connectivity index (χ3n) is 2.89. The summed E-state index contributed by atoms with van der Waals surface area (Å²) in [7, 11) is -2.82. The van der Waals surface area contributed by atoms with E-state index in [-0.39, 0.29) is 5.25 Å². The molecule has 2 rings (SSSR count). The van der Waals surface area contributed by atoms with Crippen molar-refractivity contribution in [1.82, 2.24) is 10.3 Å². The maximum absolute atomic E-state index is 11.6. The minimum atomic E-state index is -2.82. The highest BCUT2D eigenvalue weighted by molar-refractivity contribution is 7.92. The summed E-state index contributed by atoms with van der Waals surface area (Å²) in [5.74, 6) is 0.353. The quantitative estimate of drug-likeness (QED) is 0.843. The van der Waals surface area contributed by atoms with E-state index in [1.165, 1.54) is 0 Å². The smallest absolute Gasteiger partial charge is 0.154 e. The summed E-state index contributed by atoms with van der Waals surface area (Å²) in [6.45, 7) is 1.23. The van der Waals surface area contributed by atoms with Crippen LogP contribution in [0.1, 0.15) is 18.4 Å². The zero-order valence-electron chi connectivity index (χ0n) is 9.09. The average molecular weight is 240 g/mol. The lowest BCUT2D eigenvalue weighted by Crippen LogP contribution is -2.30. The first-order valence-electron chi connectivity index (χ1n) is 5.50. The van der Waals surface area contributed by atoms with Gasteiger partial charge in [0.2, 0.25) is 0 Å².